The molecule has 2 N–H and O–H groups in total. The minimum Gasteiger partial charge on any atom is -0.381 e. The Hall–Kier alpha value is -1.12. The SMILES string of the molecule is CCC1CN(C)CCCN1S(=O)(=O)c1cn(C)nc1N. The van der Waals surface area contributed by atoms with Crippen molar-refractivity contribution >= 4 is 15.8 Å². The molecule has 0 radical (unpaired) electrons. The number of hydrogen-bond donors (Lipinski definition) is 1. The fourth-order valence-electron chi connectivity index (χ4n) is 2.68. The highest BCUT2D eigenvalue weighted by Gasteiger charge is 2.35. The van der Waals surface area contributed by atoms with Crippen molar-refractivity contribution in [3.8, 4) is 0 Å². The molecule has 1 aromatic heterocycles. The van der Waals surface area contributed by atoms with E-state index in [1.807, 2.05) is 14.0 Å². The van der Waals surface area contributed by atoms with E-state index in [-0.39, 0.29) is 16.8 Å². The lowest BCUT2D eigenvalue weighted by atomic mass is 10.2. The monoisotopic (exact) mass is 301 g/mol. The highest BCUT2D eigenvalue weighted by Crippen LogP contribution is 2.25. The summed E-state index contributed by atoms with van der Waals surface area (Å²) in [5.41, 5.74) is 5.74. The summed E-state index contributed by atoms with van der Waals surface area (Å²) in [6, 6.07) is -0.0212. The molecule has 114 valence electrons. The fourth-order valence-corrected chi connectivity index (χ4v) is 4.50. The zero-order valence-corrected chi connectivity index (χ0v) is 13.1. The van der Waals surface area contributed by atoms with Gasteiger partial charge in [0, 0.05) is 32.4 Å². The summed E-state index contributed by atoms with van der Waals surface area (Å²) in [7, 11) is 0.113. The lowest BCUT2D eigenvalue weighted by Crippen LogP contribution is -2.43. The van der Waals surface area contributed by atoms with Crippen molar-refractivity contribution in [1.82, 2.24) is 19.0 Å². The van der Waals surface area contributed by atoms with Crippen LogP contribution in [-0.2, 0) is 17.1 Å². The van der Waals surface area contributed by atoms with Crippen molar-refractivity contribution in [2.45, 2.75) is 30.7 Å². The number of anilines is 1. The number of sulfonamides is 1. The number of likely N-dealkylation sites (N-methyl/N-ethyl adjacent to an activating group) is 1. The highest BCUT2D eigenvalue weighted by molar-refractivity contribution is 7.89. The Kier molecular flexibility index (Phi) is 4.36. The summed E-state index contributed by atoms with van der Waals surface area (Å²) in [6.07, 6.45) is 3.09. The van der Waals surface area contributed by atoms with E-state index in [1.54, 1.807) is 11.4 Å². The van der Waals surface area contributed by atoms with Gasteiger partial charge in [-0.3, -0.25) is 4.68 Å². The number of aryl methyl sites for hydroxylation is 1. The van der Waals surface area contributed by atoms with Crippen molar-refractivity contribution < 1.29 is 8.42 Å². The van der Waals surface area contributed by atoms with Crippen LogP contribution in [-0.4, -0.2) is 60.1 Å². The van der Waals surface area contributed by atoms with E-state index in [2.05, 4.69) is 10.00 Å². The Morgan fingerprint density at radius 3 is 2.65 bits per heavy atom. The molecule has 0 spiro atoms. The Morgan fingerprint density at radius 2 is 2.10 bits per heavy atom. The van der Waals surface area contributed by atoms with E-state index >= 15 is 0 Å². The van der Waals surface area contributed by atoms with Gasteiger partial charge in [-0.15, -0.1) is 0 Å². The predicted octanol–water partition coefficient (Wildman–Crippen LogP) is 0.107. The maximum Gasteiger partial charge on any atom is 0.248 e. The third kappa shape index (κ3) is 2.82. The number of aromatic nitrogens is 2. The first kappa shape index (κ1) is 15.3. The molecule has 1 atom stereocenters. The van der Waals surface area contributed by atoms with Crippen LogP contribution < -0.4 is 5.73 Å². The zero-order valence-electron chi connectivity index (χ0n) is 12.3. The van der Waals surface area contributed by atoms with Crippen molar-refractivity contribution in [2.24, 2.45) is 7.05 Å². The number of rotatable bonds is 3. The van der Waals surface area contributed by atoms with Gasteiger partial charge in [-0.25, -0.2) is 8.42 Å². The van der Waals surface area contributed by atoms with Crippen LogP contribution in [0.5, 0.6) is 0 Å². The minimum absolute atomic E-state index is 0.0212. The van der Waals surface area contributed by atoms with Gasteiger partial charge in [0.25, 0.3) is 0 Å². The average Bonchev–Trinajstić information content (AvgIpc) is 2.60. The molecule has 1 fully saturated rings. The first-order valence-corrected chi connectivity index (χ1v) is 8.29. The molecular weight excluding hydrogens is 278 g/mol. The number of hydrogen-bond acceptors (Lipinski definition) is 5. The zero-order chi connectivity index (χ0) is 14.9. The van der Waals surface area contributed by atoms with Gasteiger partial charge >= 0.3 is 0 Å². The van der Waals surface area contributed by atoms with Gasteiger partial charge in [-0.1, -0.05) is 6.92 Å². The second-order valence-electron chi connectivity index (χ2n) is 5.35. The van der Waals surface area contributed by atoms with Crippen molar-refractivity contribution in [1.29, 1.82) is 0 Å². The van der Waals surface area contributed by atoms with Crippen LogP contribution in [0.4, 0.5) is 5.82 Å². The van der Waals surface area contributed by atoms with E-state index in [0.29, 0.717) is 6.54 Å². The molecule has 2 rings (SSSR count). The van der Waals surface area contributed by atoms with Crippen LogP contribution in [0.2, 0.25) is 0 Å². The molecular formula is C12H23N5O2S. The smallest absolute Gasteiger partial charge is 0.248 e. The third-order valence-electron chi connectivity index (χ3n) is 3.73. The highest BCUT2D eigenvalue weighted by atomic mass is 32.2. The quantitative estimate of drug-likeness (QED) is 0.856. The molecule has 0 saturated carbocycles. The van der Waals surface area contributed by atoms with E-state index in [0.717, 1.165) is 25.9 Å². The van der Waals surface area contributed by atoms with Crippen LogP contribution in [0.3, 0.4) is 0 Å². The van der Waals surface area contributed by atoms with E-state index in [1.165, 1.54) is 10.9 Å². The molecule has 1 aromatic rings. The fraction of sp³-hybridized carbons (Fsp3) is 0.750. The van der Waals surface area contributed by atoms with Crippen LogP contribution in [0.1, 0.15) is 19.8 Å². The molecule has 20 heavy (non-hydrogen) atoms. The molecule has 1 saturated heterocycles. The molecule has 1 unspecified atom stereocenters. The summed E-state index contributed by atoms with van der Waals surface area (Å²) < 4.78 is 28.7. The Balaban J connectivity index is 2.38. The molecule has 0 aromatic carbocycles. The van der Waals surface area contributed by atoms with Crippen LogP contribution in [0, 0.1) is 0 Å². The molecule has 1 aliphatic heterocycles. The lowest BCUT2D eigenvalue weighted by Gasteiger charge is -2.28. The van der Waals surface area contributed by atoms with Crippen molar-refractivity contribution in [3.05, 3.63) is 6.20 Å². The first-order chi connectivity index (χ1) is 9.36. The van der Waals surface area contributed by atoms with Crippen molar-refractivity contribution in [2.75, 3.05) is 32.4 Å². The van der Waals surface area contributed by atoms with Gasteiger partial charge < -0.3 is 10.6 Å². The summed E-state index contributed by atoms with van der Waals surface area (Å²) in [5, 5.41) is 3.94. The normalized spacial score (nSPS) is 22.9. The maximum atomic E-state index is 12.8. The van der Waals surface area contributed by atoms with Crippen LogP contribution >= 0.6 is 0 Å². The standard InChI is InChI=1S/C12H23N5O2S/c1-4-10-8-15(2)6-5-7-17(10)20(18,19)11-9-16(3)14-12(11)13/h9-10H,4-8H2,1-3H3,(H2,13,14). The van der Waals surface area contributed by atoms with Gasteiger partial charge in [0.05, 0.1) is 0 Å². The molecule has 1 aliphatic rings. The molecule has 0 amide bonds. The largest absolute Gasteiger partial charge is 0.381 e. The van der Waals surface area contributed by atoms with Crippen LogP contribution in [0.25, 0.3) is 0 Å². The summed E-state index contributed by atoms with van der Waals surface area (Å²) in [4.78, 5) is 2.29. The Bertz CT molecular complexity index is 568. The number of nitrogens with two attached hydrogens (primary N) is 1. The first-order valence-electron chi connectivity index (χ1n) is 6.85. The van der Waals surface area contributed by atoms with Crippen LogP contribution in [0.15, 0.2) is 11.1 Å². The molecule has 2 heterocycles. The van der Waals surface area contributed by atoms with E-state index in [9.17, 15) is 8.42 Å². The minimum atomic E-state index is -3.58. The number of nitrogen functional groups attached to an aromatic ring is 1. The number of nitrogens with zero attached hydrogens (tertiary/aromatic N) is 4. The Labute approximate surface area is 120 Å². The second-order valence-corrected chi connectivity index (χ2v) is 7.20. The van der Waals surface area contributed by atoms with Gasteiger partial charge in [0.15, 0.2) is 5.82 Å². The summed E-state index contributed by atoms with van der Waals surface area (Å²) in [5.74, 6) is 0.0694. The molecule has 0 aliphatic carbocycles. The molecule has 0 bridgehead atoms. The van der Waals surface area contributed by atoms with Gasteiger partial charge in [-0.05, 0) is 26.4 Å². The Morgan fingerprint density at radius 1 is 1.40 bits per heavy atom. The van der Waals surface area contributed by atoms with E-state index in [4.69, 9.17) is 5.73 Å². The average molecular weight is 301 g/mol. The predicted molar refractivity (Wildman–Crippen MR) is 77.7 cm³/mol. The third-order valence-corrected chi connectivity index (χ3v) is 5.70. The van der Waals surface area contributed by atoms with Crippen molar-refractivity contribution in [3.63, 3.8) is 0 Å². The van der Waals surface area contributed by atoms with Gasteiger partial charge in [0.1, 0.15) is 4.90 Å². The molecule has 8 heteroatoms. The second kappa shape index (κ2) is 5.71. The lowest BCUT2D eigenvalue weighted by molar-refractivity contribution is 0.270. The molecule has 7 nitrogen and oxygen atoms in total. The van der Waals surface area contributed by atoms with Gasteiger partial charge in [0.2, 0.25) is 10.0 Å². The van der Waals surface area contributed by atoms with E-state index < -0.39 is 10.0 Å². The topological polar surface area (TPSA) is 84.5 Å². The maximum absolute atomic E-state index is 12.8. The summed E-state index contributed by atoms with van der Waals surface area (Å²) in [6.45, 7) is 4.19. The summed E-state index contributed by atoms with van der Waals surface area (Å²) >= 11 is 0. The van der Waals surface area contributed by atoms with Gasteiger partial charge in [-0.2, -0.15) is 9.40 Å².